The van der Waals surface area contributed by atoms with Crippen LogP contribution in [0.4, 0.5) is 10.5 Å². The van der Waals surface area contributed by atoms with Crippen molar-refractivity contribution in [3.8, 4) is 0 Å². The molecule has 2 aliphatic heterocycles. The zero-order valence-electron chi connectivity index (χ0n) is 19.6. The van der Waals surface area contributed by atoms with E-state index in [-0.39, 0.29) is 28.7 Å². The van der Waals surface area contributed by atoms with Gasteiger partial charge in [-0.2, -0.15) is 0 Å². The highest BCUT2D eigenvalue weighted by Gasteiger charge is 2.48. The van der Waals surface area contributed by atoms with Crippen molar-refractivity contribution in [2.75, 3.05) is 19.3 Å². The van der Waals surface area contributed by atoms with Crippen LogP contribution in [0.15, 0.2) is 29.3 Å². The minimum atomic E-state index is -0.638. The Morgan fingerprint density at radius 1 is 1.18 bits per heavy atom. The van der Waals surface area contributed by atoms with Crippen LogP contribution in [0.1, 0.15) is 62.2 Å². The van der Waals surface area contributed by atoms with Gasteiger partial charge in [-0.25, -0.2) is 9.79 Å². The highest BCUT2D eigenvalue weighted by Crippen LogP contribution is 2.29. The number of carbonyl (C=O) groups excluding carboxylic acids is 3. The van der Waals surface area contributed by atoms with Crippen molar-refractivity contribution in [3.05, 3.63) is 39.9 Å². The van der Waals surface area contributed by atoms with Crippen LogP contribution in [0.2, 0.25) is 0 Å². The van der Waals surface area contributed by atoms with E-state index in [1.54, 1.807) is 13.1 Å². The molecule has 0 bridgehead atoms. The molecule has 1 fully saturated rings. The lowest BCUT2D eigenvalue weighted by Gasteiger charge is -2.36. The van der Waals surface area contributed by atoms with E-state index in [1.165, 1.54) is 60.5 Å². The van der Waals surface area contributed by atoms with Crippen molar-refractivity contribution in [3.63, 3.8) is 0 Å². The number of rotatable bonds is 12. The number of hydrogen-bond donors (Lipinski definition) is 1. The molecule has 0 aromatic heterocycles. The van der Waals surface area contributed by atoms with Gasteiger partial charge in [-0.1, -0.05) is 69.3 Å². The van der Waals surface area contributed by atoms with Crippen LogP contribution in [0.3, 0.4) is 0 Å². The predicted molar refractivity (Wildman–Crippen MR) is 131 cm³/mol. The fourth-order valence-corrected chi connectivity index (χ4v) is 5.08. The minimum Gasteiger partial charge on any atom is -0.336 e. The van der Waals surface area contributed by atoms with Gasteiger partial charge >= 0.3 is 6.03 Å². The van der Waals surface area contributed by atoms with Crippen LogP contribution in [-0.2, 0) is 4.79 Å². The summed E-state index contributed by atoms with van der Waals surface area (Å²) in [5.74, 6) is -0.636. The number of aliphatic imine (C=N–C) groups is 1. The van der Waals surface area contributed by atoms with Gasteiger partial charge in [0.1, 0.15) is 0 Å². The summed E-state index contributed by atoms with van der Waals surface area (Å²) in [7, 11) is 1.59. The van der Waals surface area contributed by atoms with Crippen molar-refractivity contribution in [2.45, 2.75) is 64.1 Å². The van der Waals surface area contributed by atoms with Gasteiger partial charge in [0.15, 0.2) is 23.2 Å². The molecule has 2 heterocycles. The number of hydrogen-bond acceptors (Lipinski definition) is 8. The summed E-state index contributed by atoms with van der Waals surface area (Å²) < 4.78 is 0. The van der Waals surface area contributed by atoms with E-state index in [0.29, 0.717) is 11.7 Å². The summed E-state index contributed by atoms with van der Waals surface area (Å²) in [6.45, 7) is 2.78. The maximum Gasteiger partial charge on any atom is 0.325 e. The number of amides is 3. The second kappa shape index (κ2) is 12.0. The van der Waals surface area contributed by atoms with E-state index in [4.69, 9.17) is 0 Å². The second-order valence-corrected chi connectivity index (χ2v) is 9.45. The number of ketones is 1. The van der Waals surface area contributed by atoms with Crippen LogP contribution in [0.5, 0.6) is 0 Å². The molecule has 3 rings (SSSR count). The average molecular weight is 490 g/mol. The first-order valence-corrected chi connectivity index (χ1v) is 12.6. The molecular formula is C23H31N5O5S. The maximum atomic E-state index is 12.7. The molecule has 0 radical (unpaired) electrons. The first-order chi connectivity index (χ1) is 16.3. The molecule has 10 nitrogen and oxygen atoms in total. The number of nitrogens with one attached hydrogen (secondary N) is 1. The van der Waals surface area contributed by atoms with Crippen LogP contribution >= 0.6 is 11.8 Å². The molecule has 3 amide bonds. The number of non-ortho nitro benzene ring substituents is 1. The number of thioether (sulfide) groups is 1. The van der Waals surface area contributed by atoms with Gasteiger partial charge in [0, 0.05) is 31.3 Å². The number of nitrogens with zero attached hydrogens (tertiary/aromatic N) is 4. The zero-order chi connectivity index (χ0) is 24.7. The lowest BCUT2D eigenvalue weighted by molar-refractivity contribution is -0.384. The smallest absolute Gasteiger partial charge is 0.325 e. The fourth-order valence-electron chi connectivity index (χ4n) is 4.10. The first kappa shape index (κ1) is 25.7. The van der Waals surface area contributed by atoms with Gasteiger partial charge in [-0.3, -0.25) is 25.0 Å². The van der Waals surface area contributed by atoms with Crippen molar-refractivity contribution < 1.29 is 19.3 Å². The number of likely N-dealkylation sites (N-methyl/N-ethyl adjacent to an activating group) is 1. The summed E-state index contributed by atoms with van der Waals surface area (Å²) in [6.07, 6.45) is 7.23. The molecule has 0 spiro atoms. The Hall–Kier alpha value is -2.95. The van der Waals surface area contributed by atoms with Crippen LogP contribution < -0.4 is 5.32 Å². The first-order valence-electron chi connectivity index (χ1n) is 11.7. The normalized spacial score (nSPS) is 19.6. The van der Waals surface area contributed by atoms with Gasteiger partial charge < -0.3 is 9.80 Å². The van der Waals surface area contributed by atoms with Crippen LogP contribution in [0, 0.1) is 10.1 Å². The van der Waals surface area contributed by atoms with Crippen molar-refractivity contribution in [2.24, 2.45) is 4.99 Å². The average Bonchev–Trinajstić information content (AvgIpc) is 3.19. The molecule has 2 aliphatic rings. The molecular weight excluding hydrogens is 458 g/mol. The van der Waals surface area contributed by atoms with E-state index >= 15 is 0 Å². The number of fused-ring (bicyclic) bond motifs is 1. The quantitative estimate of drug-likeness (QED) is 0.205. The van der Waals surface area contributed by atoms with Gasteiger partial charge in [0.05, 0.1) is 10.7 Å². The number of carbonyl (C=O) groups is 3. The Morgan fingerprint density at radius 2 is 1.88 bits per heavy atom. The molecule has 11 heteroatoms. The molecule has 2 unspecified atom stereocenters. The van der Waals surface area contributed by atoms with E-state index in [1.807, 2.05) is 4.90 Å². The number of unbranched alkanes of at least 4 members (excludes halogenated alkanes) is 6. The molecule has 1 aromatic rings. The summed E-state index contributed by atoms with van der Waals surface area (Å²) in [6, 6.07) is 4.50. The highest BCUT2D eigenvalue weighted by atomic mass is 32.2. The Balaban J connectivity index is 1.66. The van der Waals surface area contributed by atoms with Gasteiger partial charge in [0.25, 0.3) is 11.6 Å². The summed E-state index contributed by atoms with van der Waals surface area (Å²) in [5.41, 5.74) is 0.110. The summed E-state index contributed by atoms with van der Waals surface area (Å²) in [5, 5.41) is 13.9. The van der Waals surface area contributed by atoms with Gasteiger partial charge in [0.2, 0.25) is 0 Å². The monoisotopic (exact) mass is 489 g/mol. The number of imide groups is 1. The Morgan fingerprint density at radius 3 is 2.59 bits per heavy atom. The Labute approximate surface area is 203 Å². The maximum absolute atomic E-state index is 12.7. The number of benzene rings is 1. The van der Waals surface area contributed by atoms with E-state index in [0.717, 1.165) is 19.3 Å². The topological polar surface area (TPSA) is 125 Å². The molecule has 1 N–H and O–H groups in total. The lowest BCUT2D eigenvalue weighted by Crippen LogP contribution is -2.63. The Kier molecular flexibility index (Phi) is 9.03. The molecule has 2 atom stereocenters. The third-order valence-electron chi connectivity index (χ3n) is 6.04. The fraction of sp³-hybridized carbons (Fsp3) is 0.565. The third-order valence-corrected chi connectivity index (χ3v) is 7.04. The lowest BCUT2D eigenvalue weighted by atomic mass is 10.1. The van der Waals surface area contributed by atoms with Crippen LogP contribution in [0.25, 0.3) is 0 Å². The molecule has 1 aromatic carbocycles. The largest absolute Gasteiger partial charge is 0.336 e. The number of amidine groups is 1. The van der Waals surface area contributed by atoms with E-state index in [9.17, 15) is 24.5 Å². The molecule has 0 aliphatic carbocycles. The second-order valence-electron chi connectivity index (χ2n) is 8.51. The summed E-state index contributed by atoms with van der Waals surface area (Å²) in [4.78, 5) is 55.8. The Bertz CT molecular complexity index is 969. The van der Waals surface area contributed by atoms with Gasteiger partial charge in [-0.15, -0.1) is 0 Å². The zero-order valence-corrected chi connectivity index (χ0v) is 20.4. The number of nitro benzene ring substituents is 1. The molecule has 0 saturated carbocycles. The van der Waals surface area contributed by atoms with Gasteiger partial charge in [-0.05, 0) is 6.42 Å². The van der Waals surface area contributed by atoms with Crippen molar-refractivity contribution in [1.82, 2.24) is 15.1 Å². The number of Topliss-reactive ketones (excluding diaryl/α,β-unsaturated/α-hetero) is 1. The van der Waals surface area contributed by atoms with E-state index in [2.05, 4.69) is 17.2 Å². The number of nitro groups is 1. The SMILES string of the molecule is CCCCCCCCCN1C(SCC(=O)c2cccc([N+](=O)[O-])c2)=NC2C1C(=O)NC(=O)N2C. The minimum absolute atomic E-state index is 0.0201. The van der Waals surface area contributed by atoms with Crippen molar-refractivity contribution >= 4 is 40.3 Å². The third kappa shape index (κ3) is 6.13. The van der Waals surface area contributed by atoms with Crippen molar-refractivity contribution in [1.29, 1.82) is 0 Å². The summed E-state index contributed by atoms with van der Waals surface area (Å²) >= 11 is 1.19. The predicted octanol–water partition coefficient (Wildman–Crippen LogP) is 3.81. The molecule has 184 valence electrons. The van der Waals surface area contributed by atoms with Crippen LogP contribution in [-0.4, -0.2) is 69.2 Å². The van der Waals surface area contributed by atoms with E-state index < -0.39 is 23.2 Å². The highest BCUT2D eigenvalue weighted by molar-refractivity contribution is 8.14. The molecule has 34 heavy (non-hydrogen) atoms. The standard InChI is InChI=1S/C23H31N5O5S/c1-3-4-5-6-7-8-9-13-27-19-20(26(2)22(31)25-21(19)30)24-23(27)34-15-18(29)16-11-10-12-17(14-16)28(32)33/h10-12,14,19-20H,3-9,13,15H2,1-2H3,(H,25,30,31). The molecule has 1 saturated heterocycles. The number of urea groups is 1.